The first-order valence-corrected chi connectivity index (χ1v) is 6.48. The Bertz CT molecular complexity index is 558. The van der Waals surface area contributed by atoms with Crippen LogP contribution in [-0.4, -0.2) is 23.3 Å². The van der Waals surface area contributed by atoms with Crippen molar-refractivity contribution in [2.45, 2.75) is 26.0 Å². The molecule has 7 heteroatoms. The highest BCUT2D eigenvalue weighted by atomic mass is 35.5. The van der Waals surface area contributed by atoms with Crippen LogP contribution in [0.3, 0.4) is 0 Å². The second kappa shape index (κ2) is 6.58. The molecule has 0 amide bonds. The van der Waals surface area contributed by atoms with Gasteiger partial charge in [-0.25, -0.2) is 0 Å². The topological polar surface area (TPSA) is 83.4 Å². The van der Waals surface area contributed by atoms with E-state index < -0.39 is 0 Å². The standard InChI is InChI=1S/C13H16ClN3O3/c1-8(15)3-9-4-10(14)5-11(18-2)13(9)19-6-12-16-7-20-17-12/h4-5,7-8H,3,6,15H2,1-2H3. The van der Waals surface area contributed by atoms with E-state index in [1.165, 1.54) is 6.39 Å². The molecule has 2 rings (SSSR count). The normalized spacial score (nSPS) is 12.2. The van der Waals surface area contributed by atoms with E-state index in [2.05, 4.69) is 14.7 Å². The highest BCUT2D eigenvalue weighted by Crippen LogP contribution is 2.35. The van der Waals surface area contributed by atoms with E-state index in [1.807, 2.05) is 13.0 Å². The highest BCUT2D eigenvalue weighted by molar-refractivity contribution is 6.30. The summed E-state index contributed by atoms with van der Waals surface area (Å²) in [6.45, 7) is 2.09. The van der Waals surface area contributed by atoms with E-state index in [4.69, 9.17) is 26.8 Å². The zero-order valence-electron chi connectivity index (χ0n) is 11.3. The van der Waals surface area contributed by atoms with Gasteiger partial charge in [0.2, 0.25) is 12.2 Å². The molecule has 0 radical (unpaired) electrons. The van der Waals surface area contributed by atoms with Crippen molar-refractivity contribution in [3.05, 3.63) is 34.9 Å². The molecule has 0 aliphatic carbocycles. The highest BCUT2D eigenvalue weighted by Gasteiger charge is 2.15. The number of methoxy groups -OCH3 is 1. The second-order valence-electron chi connectivity index (χ2n) is 4.41. The van der Waals surface area contributed by atoms with Crippen LogP contribution in [-0.2, 0) is 13.0 Å². The third-order valence-electron chi connectivity index (χ3n) is 2.61. The first-order valence-electron chi connectivity index (χ1n) is 6.10. The van der Waals surface area contributed by atoms with Gasteiger partial charge in [0.05, 0.1) is 7.11 Å². The monoisotopic (exact) mass is 297 g/mol. The predicted octanol–water partition coefficient (Wildman–Crippen LogP) is 2.20. The molecule has 2 aromatic rings. The Morgan fingerprint density at radius 2 is 2.25 bits per heavy atom. The minimum absolute atomic E-state index is 0.0225. The zero-order valence-corrected chi connectivity index (χ0v) is 12.1. The van der Waals surface area contributed by atoms with Gasteiger partial charge in [0.15, 0.2) is 18.1 Å². The van der Waals surface area contributed by atoms with Crippen molar-refractivity contribution in [2.75, 3.05) is 7.11 Å². The fourth-order valence-electron chi connectivity index (χ4n) is 1.83. The van der Waals surface area contributed by atoms with E-state index in [9.17, 15) is 0 Å². The Kier molecular flexibility index (Phi) is 4.81. The third kappa shape index (κ3) is 3.61. The lowest BCUT2D eigenvalue weighted by molar-refractivity contribution is 0.266. The summed E-state index contributed by atoms with van der Waals surface area (Å²) in [5.41, 5.74) is 6.73. The summed E-state index contributed by atoms with van der Waals surface area (Å²) in [6, 6.07) is 3.49. The van der Waals surface area contributed by atoms with E-state index in [-0.39, 0.29) is 12.6 Å². The average molecular weight is 298 g/mol. The first kappa shape index (κ1) is 14.6. The van der Waals surface area contributed by atoms with Gasteiger partial charge in [0.25, 0.3) is 0 Å². The van der Waals surface area contributed by atoms with Crippen molar-refractivity contribution in [1.29, 1.82) is 0 Å². The number of nitrogens with two attached hydrogens (primary N) is 1. The van der Waals surface area contributed by atoms with E-state index in [0.717, 1.165) is 5.56 Å². The molecule has 0 bridgehead atoms. The van der Waals surface area contributed by atoms with Crippen LogP contribution in [0.1, 0.15) is 18.3 Å². The molecular weight excluding hydrogens is 282 g/mol. The molecule has 0 saturated heterocycles. The maximum atomic E-state index is 6.07. The summed E-state index contributed by atoms with van der Waals surface area (Å²) >= 11 is 6.07. The maximum Gasteiger partial charge on any atom is 0.213 e. The predicted molar refractivity (Wildman–Crippen MR) is 74.0 cm³/mol. The second-order valence-corrected chi connectivity index (χ2v) is 4.85. The zero-order chi connectivity index (χ0) is 14.5. The molecule has 1 atom stereocenters. The Morgan fingerprint density at radius 3 is 2.85 bits per heavy atom. The molecule has 1 aromatic heterocycles. The number of nitrogens with zero attached hydrogens (tertiary/aromatic N) is 2. The van der Waals surface area contributed by atoms with E-state index in [0.29, 0.717) is 28.8 Å². The molecule has 2 N–H and O–H groups in total. The lowest BCUT2D eigenvalue weighted by Crippen LogP contribution is -2.18. The Hall–Kier alpha value is -1.79. The Labute approximate surface area is 121 Å². The van der Waals surface area contributed by atoms with Gasteiger partial charge in [0.1, 0.15) is 0 Å². The van der Waals surface area contributed by atoms with Crippen LogP contribution in [0, 0.1) is 0 Å². The molecule has 1 heterocycles. The fourth-order valence-corrected chi connectivity index (χ4v) is 2.06. The molecule has 0 saturated carbocycles. The molecule has 0 aliphatic heterocycles. The summed E-state index contributed by atoms with van der Waals surface area (Å²) in [4.78, 5) is 3.90. The van der Waals surface area contributed by atoms with Crippen molar-refractivity contribution >= 4 is 11.6 Å². The summed E-state index contributed by atoms with van der Waals surface area (Å²) in [5.74, 6) is 1.60. The van der Waals surface area contributed by atoms with Gasteiger partial charge in [-0.1, -0.05) is 16.8 Å². The summed E-state index contributed by atoms with van der Waals surface area (Å²) in [7, 11) is 1.56. The van der Waals surface area contributed by atoms with Gasteiger partial charge in [-0.05, 0) is 19.4 Å². The van der Waals surface area contributed by atoms with Gasteiger partial charge in [-0.15, -0.1) is 0 Å². The fraction of sp³-hybridized carbons (Fsp3) is 0.385. The van der Waals surface area contributed by atoms with Crippen molar-refractivity contribution in [3.8, 4) is 11.5 Å². The molecule has 20 heavy (non-hydrogen) atoms. The number of ether oxygens (including phenoxy) is 2. The largest absolute Gasteiger partial charge is 0.493 e. The molecule has 0 aliphatic rings. The molecule has 0 spiro atoms. The van der Waals surface area contributed by atoms with Crippen molar-refractivity contribution in [2.24, 2.45) is 5.73 Å². The summed E-state index contributed by atoms with van der Waals surface area (Å²) < 4.78 is 15.7. The lowest BCUT2D eigenvalue weighted by Gasteiger charge is -2.16. The smallest absolute Gasteiger partial charge is 0.213 e. The number of halogens is 1. The number of rotatable bonds is 6. The minimum atomic E-state index is -0.0225. The Morgan fingerprint density at radius 1 is 1.45 bits per heavy atom. The minimum Gasteiger partial charge on any atom is -0.493 e. The summed E-state index contributed by atoms with van der Waals surface area (Å²) in [5, 5.41) is 4.27. The van der Waals surface area contributed by atoms with Crippen LogP contribution >= 0.6 is 11.6 Å². The van der Waals surface area contributed by atoms with Crippen molar-refractivity contribution in [1.82, 2.24) is 10.1 Å². The third-order valence-corrected chi connectivity index (χ3v) is 2.83. The average Bonchev–Trinajstić information content (AvgIpc) is 2.89. The van der Waals surface area contributed by atoms with E-state index in [1.54, 1.807) is 13.2 Å². The SMILES string of the molecule is COc1cc(Cl)cc(CC(C)N)c1OCc1ncon1. The Balaban J connectivity index is 2.27. The van der Waals surface area contributed by atoms with Crippen LogP contribution in [0.2, 0.25) is 5.02 Å². The molecule has 1 unspecified atom stereocenters. The van der Waals surface area contributed by atoms with Crippen LogP contribution < -0.4 is 15.2 Å². The van der Waals surface area contributed by atoms with Gasteiger partial charge in [-0.2, -0.15) is 4.98 Å². The molecule has 108 valence electrons. The van der Waals surface area contributed by atoms with Gasteiger partial charge in [0, 0.05) is 22.7 Å². The first-order chi connectivity index (χ1) is 9.60. The van der Waals surface area contributed by atoms with Crippen LogP contribution in [0.15, 0.2) is 23.0 Å². The maximum absolute atomic E-state index is 6.07. The van der Waals surface area contributed by atoms with Crippen LogP contribution in [0.5, 0.6) is 11.5 Å². The number of aromatic nitrogens is 2. The summed E-state index contributed by atoms with van der Waals surface area (Å²) in [6.07, 6.45) is 1.87. The molecular formula is C13H16ClN3O3. The van der Waals surface area contributed by atoms with Crippen molar-refractivity contribution < 1.29 is 14.0 Å². The van der Waals surface area contributed by atoms with E-state index >= 15 is 0 Å². The van der Waals surface area contributed by atoms with Crippen LogP contribution in [0.4, 0.5) is 0 Å². The molecule has 0 fully saturated rings. The van der Waals surface area contributed by atoms with Crippen molar-refractivity contribution in [3.63, 3.8) is 0 Å². The number of benzene rings is 1. The molecule has 1 aromatic carbocycles. The van der Waals surface area contributed by atoms with Gasteiger partial charge >= 0.3 is 0 Å². The lowest BCUT2D eigenvalue weighted by atomic mass is 10.1. The number of hydrogen-bond donors (Lipinski definition) is 1. The number of hydrogen-bond acceptors (Lipinski definition) is 6. The van der Waals surface area contributed by atoms with Gasteiger partial charge in [-0.3, -0.25) is 0 Å². The molecule has 6 nitrogen and oxygen atoms in total. The van der Waals surface area contributed by atoms with Crippen LogP contribution in [0.25, 0.3) is 0 Å². The van der Waals surface area contributed by atoms with Gasteiger partial charge < -0.3 is 19.7 Å². The quantitative estimate of drug-likeness (QED) is 0.880.